The van der Waals surface area contributed by atoms with Crippen molar-refractivity contribution in [1.82, 2.24) is 9.80 Å². The lowest BCUT2D eigenvalue weighted by Gasteiger charge is -2.36. The molecule has 7 nitrogen and oxygen atoms in total. The first-order chi connectivity index (χ1) is 11.5. The number of piperazine rings is 1. The Morgan fingerprint density at radius 1 is 1.25 bits per heavy atom. The molecule has 1 saturated heterocycles. The highest BCUT2D eigenvalue weighted by atomic mass is 35.5. The molecule has 1 amide bonds. The van der Waals surface area contributed by atoms with Crippen LogP contribution in [-0.4, -0.2) is 66.4 Å². The molecule has 0 aliphatic carbocycles. The Morgan fingerprint density at radius 3 is 2.42 bits per heavy atom. The zero-order valence-electron chi connectivity index (χ0n) is 14.1. The van der Waals surface area contributed by atoms with Crippen LogP contribution in [0.25, 0.3) is 0 Å². The maximum absolute atomic E-state index is 12.3. The SMILES string of the molecule is CCN(CC)CC(=O)N1CCN(c2ccc(Cl)cc2[N+](=O)[O-])CC1. The molecule has 0 unspecified atom stereocenters. The van der Waals surface area contributed by atoms with Gasteiger partial charge in [0.05, 0.1) is 11.5 Å². The maximum atomic E-state index is 12.3. The molecular weight excluding hydrogens is 332 g/mol. The minimum Gasteiger partial charge on any atom is -0.362 e. The zero-order chi connectivity index (χ0) is 17.7. The molecule has 132 valence electrons. The van der Waals surface area contributed by atoms with E-state index >= 15 is 0 Å². The van der Waals surface area contributed by atoms with Gasteiger partial charge in [-0.25, -0.2) is 0 Å². The predicted octanol–water partition coefficient (Wildman–Crippen LogP) is 2.24. The van der Waals surface area contributed by atoms with Gasteiger partial charge in [0, 0.05) is 37.3 Å². The first kappa shape index (κ1) is 18.5. The van der Waals surface area contributed by atoms with Gasteiger partial charge in [-0.3, -0.25) is 19.8 Å². The monoisotopic (exact) mass is 354 g/mol. The summed E-state index contributed by atoms with van der Waals surface area (Å²) < 4.78 is 0. The molecular formula is C16H23ClN4O3. The molecule has 0 saturated carbocycles. The molecule has 8 heteroatoms. The topological polar surface area (TPSA) is 69.9 Å². The number of halogens is 1. The van der Waals surface area contributed by atoms with E-state index in [0.717, 1.165) is 13.1 Å². The Kier molecular flexibility index (Phi) is 6.39. The summed E-state index contributed by atoms with van der Waals surface area (Å²) in [7, 11) is 0. The summed E-state index contributed by atoms with van der Waals surface area (Å²) in [4.78, 5) is 29.0. The van der Waals surface area contributed by atoms with E-state index in [4.69, 9.17) is 11.6 Å². The molecule has 2 rings (SSSR count). The number of hydrogen-bond acceptors (Lipinski definition) is 5. The summed E-state index contributed by atoms with van der Waals surface area (Å²) in [5, 5.41) is 11.6. The van der Waals surface area contributed by atoms with Crippen LogP contribution in [0.2, 0.25) is 5.02 Å². The molecule has 1 aromatic carbocycles. The van der Waals surface area contributed by atoms with Crippen molar-refractivity contribution in [3.63, 3.8) is 0 Å². The van der Waals surface area contributed by atoms with E-state index in [1.807, 2.05) is 23.6 Å². The van der Waals surface area contributed by atoms with Crippen LogP contribution in [-0.2, 0) is 4.79 Å². The van der Waals surface area contributed by atoms with Crippen LogP contribution in [0.15, 0.2) is 18.2 Å². The Bertz CT molecular complexity index is 599. The first-order valence-corrected chi connectivity index (χ1v) is 8.53. The molecule has 1 aliphatic heterocycles. The third-order valence-corrected chi connectivity index (χ3v) is 4.60. The highest BCUT2D eigenvalue weighted by Gasteiger charge is 2.26. The lowest BCUT2D eigenvalue weighted by Crippen LogP contribution is -2.51. The summed E-state index contributed by atoms with van der Waals surface area (Å²) >= 11 is 5.86. The standard InChI is InChI=1S/C16H23ClN4O3/c1-3-18(4-2)12-16(22)20-9-7-19(8-10-20)14-6-5-13(17)11-15(14)21(23)24/h5-6,11H,3-4,7-10,12H2,1-2H3. The van der Waals surface area contributed by atoms with Gasteiger partial charge in [-0.2, -0.15) is 0 Å². The van der Waals surface area contributed by atoms with Crippen molar-refractivity contribution in [2.24, 2.45) is 0 Å². The number of anilines is 1. The second kappa shape index (κ2) is 8.30. The van der Waals surface area contributed by atoms with Gasteiger partial charge in [-0.1, -0.05) is 25.4 Å². The van der Waals surface area contributed by atoms with Crippen LogP contribution in [0.3, 0.4) is 0 Å². The number of benzene rings is 1. The van der Waals surface area contributed by atoms with E-state index in [9.17, 15) is 14.9 Å². The van der Waals surface area contributed by atoms with Crippen molar-refractivity contribution in [3.8, 4) is 0 Å². The van der Waals surface area contributed by atoms with Crippen molar-refractivity contribution < 1.29 is 9.72 Å². The van der Waals surface area contributed by atoms with E-state index in [-0.39, 0.29) is 11.6 Å². The normalized spacial score (nSPS) is 15.0. The highest BCUT2D eigenvalue weighted by molar-refractivity contribution is 6.30. The Labute approximate surface area is 146 Å². The second-order valence-electron chi connectivity index (χ2n) is 5.72. The van der Waals surface area contributed by atoms with Gasteiger partial charge in [0.1, 0.15) is 5.69 Å². The number of rotatable bonds is 6. The molecule has 0 aromatic heterocycles. The Balaban J connectivity index is 2.00. The van der Waals surface area contributed by atoms with Gasteiger partial charge in [0.15, 0.2) is 0 Å². The van der Waals surface area contributed by atoms with Crippen LogP contribution in [0.4, 0.5) is 11.4 Å². The molecule has 1 heterocycles. The molecule has 24 heavy (non-hydrogen) atoms. The predicted molar refractivity (Wildman–Crippen MR) is 94.7 cm³/mol. The summed E-state index contributed by atoms with van der Waals surface area (Å²) in [5.41, 5.74) is 0.561. The van der Waals surface area contributed by atoms with E-state index < -0.39 is 4.92 Å². The van der Waals surface area contributed by atoms with Crippen LogP contribution in [0, 0.1) is 10.1 Å². The van der Waals surface area contributed by atoms with E-state index in [1.54, 1.807) is 12.1 Å². The van der Waals surface area contributed by atoms with Gasteiger partial charge >= 0.3 is 0 Å². The number of likely N-dealkylation sites (N-methyl/N-ethyl adjacent to an activating group) is 1. The Morgan fingerprint density at radius 2 is 1.88 bits per heavy atom. The second-order valence-corrected chi connectivity index (χ2v) is 6.16. The fraction of sp³-hybridized carbons (Fsp3) is 0.562. The third kappa shape index (κ3) is 4.36. The van der Waals surface area contributed by atoms with Crippen LogP contribution >= 0.6 is 11.6 Å². The molecule has 0 N–H and O–H groups in total. The molecule has 1 aromatic rings. The fourth-order valence-corrected chi connectivity index (χ4v) is 3.01. The van der Waals surface area contributed by atoms with Crippen molar-refractivity contribution in [3.05, 3.63) is 33.3 Å². The molecule has 0 radical (unpaired) electrons. The number of nitrogens with zero attached hydrogens (tertiary/aromatic N) is 4. The average Bonchev–Trinajstić information content (AvgIpc) is 2.59. The lowest BCUT2D eigenvalue weighted by atomic mass is 10.2. The highest BCUT2D eigenvalue weighted by Crippen LogP contribution is 2.31. The van der Waals surface area contributed by atoms with Gasteiger partial charge in [-0.15, -0.1) is 0 Å². The summed E-state index contributed by atoms with van der Waals surface area (Å²) in [5.74, 6) is 0.115. The van der Waals surface area contributed by atoms with E-state index in [0.29, 0.717) is 43.4 Å². The third-order valence-electron chi connectivity index (χ3n) is 4.36. The van der Waals surface area contributed by atoms with Gasteiger partial charge in [0.25, 0.3) is 5.69 Å². The number of amides is 1. The van der Waals surface area contributed by atoms with Crippen LogP contribution < -0.4 is 4.90 Å². The van der Waals surface area contributed by atoms with Gasteiger partial charge in [0.2, 0.25) is 5.91 Å². The average molecular weight is 355 g/mol. The minimum atomic E-state index is -0.418. The molecule has 0 atom stereocenters. The van der Waals surface area contributed by atoms with Crippen molar-refractivity contribution >= 4 is 28.9 Å². The molecule has 0 spiro atoms. The lowest BCUT2D eigenvalue weighted by molar-refractivity contribution is -0.384. The molecule has 1 aliphatic rings. The maximum Gasteiger partial charge on any atom is 0.294 e. The minimum absolute atomic E-state index is 0.00502. The Hall–Kier alpha value is -1.86. The van der Waals surface area contributed by atoms with Gasteiger partial charge in [-0.05, 0) is 25.2 Å². The number of nitro groups is 1. The van der Waals surface area contributed by atoms with Crippen LogP contribution in [0.1, 0.15) is 13.8 Å². The fourth-order valence-electron chi connectivity index (χ4n) is 2.85. The van der Waals surface area contributed by atoms with Crippen molar-refractivity contribution in [1.29, 1.82) is 0 Å². The summed E-state index contributed by atoms with van der Waals surface area (Å²) in [6.45, 7) is 8.48. The van der Waals surface area contributed by atoms with Crippen molar-refractivity contribution in [2.75, 3.05) is 50.7 Å². The van der Waals surface area contributed by atoms with E-state index in [2.05, 4.69) is 4.90 Å². The van der Waals surface area contributed by atoms with Crippen molar-refractivity contribution in [2.45, 2.75) is 13.8 Å². The zero-order valence-corrected chi connectivity index (χ0v) is 14.8. The number of hydrogen-bond donors (Lipinski definition) is 0. The first-order valence-electron chi connectivity index (χ1n) is 8.15. The molecule has 0 bridgehead atoms. The summed E-state index contributed by atoms with van der Waals surface area (Å²) in [6, 6.07) is 4.70. The van der Waals surface area contributed by atoms with Crippen LogP contribution in [0.5, 0.6) is 0 Å². The largest absolute Gasteiger partial charge is 0.362 e. The molecule has 1 fully saturated rings. The quantitative estimate of drug-likeness (QED) is 0.578. The smallest absolute Gasteiger partial charge is 0.294 e. The number of carbonyl (C=O) groups is 1. The van der Waals surface area contributed by atoms with Gasteiger partial charge < -0.3 is 9.80 Å². The summed E-state index contributed by atoms with van der Waals surface area (Å²) in [6.07, 6.45) is 0. The number of nitro benzene ring substituents is 1. The van der Waals surface area contributed by atoms with E-state index in [1.165, 1.54) is 6.07 Å². The number of carbonyl (C=O) groups excluding carboxylic acids is 1.